The van der Waals surface area contributed by atoms with Gasteiger partial charge < -0.3 is 14.7 Å². The molecule has 0 unspecified atom stereocenters. The maximum Gasteiger partial charge on any atom is 0.0543 e. The fourth-order valence-electron chi connectivity index (χ4n) is 9.93. The third kappa shape index (κ3) is 7.41. The Bertz CT molecular complexity index is 3250. The van der Waals surface area contributed by atoms with Gasteiger partial charge in [-0.15, -0.1) is 0 Å². The average Bonchev–Trinajstić information content (AvgIpc) is 3.62. The molecule has 66 heavy (non-hydrogen) atoms. The van der Waals surface area contributed by atoms with Crippen molar-refractivity contribution in [3.63, 3.8) is 0 Å². The van der Waals surface area contributed by atoms with Crippen molar-refractivity contribution < 1.29 is 0 Å². The third-order valence-electron chi connectivity index (χ3n) is 13.0. The number of nitrogens with zero attached hydrogens (tertiary/aromatic N) is 3. The molecular formula is C63H49N3. The number of benzene rings is 10. The summed E-state index contributed by atoms with van der Waals surface area (Å²) in [4.78, 5) is 7.19. The van der Waals surface area contributed by atoms with Crippen LogP contribution in [0.4, 0.5) is 51.2 Å². The molecule has 1 aliphatic rings. The Morgan fingerprint density at radius 1 is 0.258 bits per heavy atom. The van der Waals surface area contributed by atoms with Crippen molar-refractivity contribution in [1.29, 1.82) is 0 Å². The van der Waals surface area contributed by atoms with Gasteiger partial charge >= 0.3 is 0 Å². The van der Waals surface area contributed by atoms with E-state index in [0.717, 1.165) is 56.7 Å². The van der Waals surface area contributed by atoms with Crippen LogP contribution in [0.1, 0.15) is 25.0 Å². The van der Waals surface area contributed by atoms with Crippen molar-refractivity contribution in [2.45, 2.75) is 19.3 Å². The molecule has 0 saturated carbocycles. The van der Waals surface area contributed by atoms with Gasteiger partial charge in [0.15, 0.2) is 0 Å². The Labute approximate surface area is 388 Å². The van der Waals surface area contributed by atoms with Crippen molar-refractivity contribution in [2.24, 2.45) is 0 Å². The van der Waals surface area contributed by atoms with E-state index in [0.29, 0.717) is 0 Å². The van der Waals surface area contributed by atoms with Crippen molar-refractivity contribution in [3.05, 3.63) is 272 Å². The number of hydrogen-bond donors (Lipinski definition) is 0. The van der Waals surface area contributed by atoms with Crippen molar-refractivity contribution in [3.8, 4) is 33.4 Å². The van der Waals surface area contributed by atoms with Crippen LogP contribution in [0.15, 0.2) is 261 Å². The van der Waals surface area contributed by atoms with Crippen LogP contribution < -0.4 is 14.7 Å². The fourth-order valence-corrected chi connectivity index (χ4v) is 9.93. The first kappa shape index (κ1) is 40.4. The molecule has 11 rings (SSSR count). The highest BCUT2D eigenvalue weighted by atomic mass is 15.2. The van der Waals surface area contributed by atoms with E-state index in [1.54, 1.807) is 0 Å². The molecule has 0 fully saturated rings. The van der Waals surface area contributed by atoms with Crippen LogP contribution in [0.25, 0.3) is 33.4 Å². The van der Waals surface area contributed by atoms with Gasteiger partial charge in [-0.25, -0.2) is 0 Å². The van der Waals surface area contributed by atoms with Crippen molar-refractivity contribution >= 4 is 51.2 Å². The van der Waals surface area contributed by atoms with Crippen LogP contribution in [-0.2, 0) is 5.41 Å². The Morgan fingerprint density at radius 2 is 0.606 bits per heavy atom. The van der Waals surface area contributed by atoms with E-state index in [9.17, 15) is 0 Å². The fraction of sp³-hybridized carbons (Fsp3) is 0.0476. The molecule has 316 valence electrons. The minimum Gasteiger partial charge on any atom is -0.310 e. The smallest absolute Gasteiger partial charge is 0.0543 e. The first-order valence-electron chi connectivity index (χ1n) is 22.8. The number of anilines is 9. The molecule has 0 radical (unpaired) electrons. The van der Waals surface area contributed by atoms with Gasteiger partial charge in [-0.05, 0) is 130 Å². The van der Waals surface area contributed by atoms with Crippen LogP contribution >= 0.6 is 0 Å². The molecule has 0 heterocycles. The highest BCUT2D eigenvalue weighted by Gasteiger charge is 2.38. The molecule has 10 aromatic rings. The summed E-state index contributed by atoms with van der Waals surface area (Å²) in [5.41, 5.74) is 19.5. The Morgan fingerprint density at radius 3 is 1.15 bits per heavy atom. The summed E-state index contributed by atoms with van der Waals surface area (Å²) >= 11 is 0. The summed E-state index contributed by atoms with van der Waals surface area (Å²) in [6, 6.07) is 94.2. The number of hydrogen-bond acceptors (Lipinski definition) is 3. The number of para-hydroxylation sites is 3. The van der Waals surface area contributed by atoms with E-state index in [4.69, 9.17) is 0 Å². The number of fused-ring (bicyclic) bond motifs is 3. The van der Waals surface area contributed by atoms with E-state index in [2.05, 4.69) is 289 Å². The standard InChI is InChI=1S/C63H49N3/c1-63(2)59-40-18-17-39-58(59)62-60(63)41-22-42-61(62)66(54-35-20-33-52(44-54)64(48-26-9-4-10-27-48)49-28-11-5-12-29-49)55-36-21-34-53(45-55)65(50-30-13-6-14-31-50)51-32-19-25-47(43-51)57-38-16-15-37-56(57)46-23-7-3-8-24-46/h3-45H,1-2H3. The monoisotopic (exact) mass is 847 g/mol. The average molecular weight is 848 g/mol. The molecular weight excluding hydrogens is 799 g/mol. The van der Waals surface area contributed by atoms with Crippen LogP contribution in [0, 0.1) is 0 Å². The molecule has 1 aliphatic carbocycles. The minimum absolute atomic E-state index is 0.164. The minimum atomic E-state index is -0.164. The summed E-state index contributed by atoms with van der Waals surface area (Å²) in [6.07, 6.45) is 0. The molecule has 3 nitrogen and oxygen atoms in total. The lowest BCUT2D eigenvalue weighted by Gasteiger charge is -2.32. The molecule has 0 aromatic heterocycles. The largest absolute Gasteiger partial charge is 0.310 e. The summed E-state index contributed by atoms with van der Waals surface area (Å²) < 4.78 is 0. The topological polar surface area (TPSA) is 9.72 Å². The summed E-state index contributed by atoms with van der Waals surface area (Å²) in [5, 5.41) is 0. The van der Waals surface area contributed by atoms with Gasteiger partial charge in [0, 0.05) is 56.5 Å². The zero-order chi connectivity index (χ0) is 44.5. The van der Waals surface area contributed by atoms with Gasteiger partial charge in [0.05, 0.1) is 5.69 Å². The Hall–Kier alpha value is -8.40. The molecule has 0 amide bonds. The second-order valence-corrected chi connectivity index (χ2v) is 17.4. The van der Waals surface area contributed by atoms with Gasteiger partial charge in [0.2, 0.25) is 0 Å². The zero-order valence-electron chi connectivity index (χ0n) is 37.2. The molecule has 3 heteroatoms. The van der Waals surface area contributed by atoms with Crippen molar-refractivity contribution in [2.75, 3.05) is 14.7 Å². The molecule has 0 bridgehead atoms. The molecule has 0 saturated heterocycles. The lowest BCUT2D eigenvalue weighted by Crippen LogP contribution is -2.17. The van der Waals surface area contributed by atoms with Crippen LogP contribution in [0.2, 0.25) is 0 Å². The van der Waals surface area contributed by atoms with E-state index >= 15 is 0 Å². The molecule has 0 atom stereocenters. The van der Waals surface area contributed by atoms with E-state index in [-0.39, 0.29) is 5.41 Å². The molecule has 10 aromatic carbocycles. The predicted octanol–water partition coefficient (Wildman–Crippen LogP) is 17.7. The third-order valence-corrected chi connectivity index (χ3v) is 13.0. The first-order chi connectivity index (χ1) is 32.5. The number of rotatable bonds is 11. The maximum absolute atomic E-state index is 2.47. The van der Waals surface area contributed by atoms with E-state index in [1.165, 1.54) is 38.9 Å². The lowest BCUT2D eigenvalue weighted by molar-refractivity contribution is 0.660. The zero-order valence-corrected chi connectivity index (χ0v) is 37.2. The van der Waals surface area contributed by atoms with Crippen LogP contribution in [0.5, 0.6) is 0 Å². The lowest BCUT2D eigenvalue weighted by atomic mass is 9.82. The van der Waals surface area contributed by atoms with Gasteiger partial charge in [-0.3, -0.25) is 0 Å². The quantitative estimate of drug-likeness (QED) is 0.128. The predicted molar refractivity (Wildman–Crippen MR) is 279 cm³/mol. The molecule has 0 spiro atoms. The molecule has 0 aliphatic heterocycles. The Balaban J connectivity index is 1.10. The molecule has 0 N–H and O–H groups in total. The second kappa shape index (κ2) is 17.3. The first-order valence-corrected chi connectivity index (χ1v) is 22.8. The SMILES string of the molecule is CC1(C)c2ccccc2-c2c(N(c3cccc(N(c4ccccc4)c4ccccc4)c3)c3cccc(N(c4ccccc4)c4cccc(-c5ccccc5-c5ccccc5)c4)c3)cccc21. The highest BCUT2D eigenvalue weighted by Crippen LogP contribution is 2.55. The van der Waals surface area contributed by atoms with Gasteiger partial charge in [-0.1, -0.05) is 184 Å². The van der Waals surface area contributed by atoms with E-state index < -0.39 is 0 Å². The summed E-state index contributed by atoms with van der Waals surface area (Å²) in [6.45, 7) is 4.71. The highest BCUT2D eigenvalue weighted by molar-refractivity contribution is 5.96. The summed E-state index contributed by atoms with van der Waals surface area (Å²) in [5.74, 6) is 0. The second-order valence-electron chi connectivity index (χ2n) is 17.4. The van der Waals surface area contributed by atoms with Crippen molar-refractivity contribution in [1.82, 2.24) is 0 Å². The van der Waals surface area contributed by atoms with E-state index in [1.807, 2.05) is 0 Å². The summed E-state index contributed by atoms with van der Waals surface area (Å²) in [7, 11) is 0. The Kier molecular flexibility index (Phi) is 10.6. The van der Waals surface area contributed by atoms with Crippen LogP contribution in [0.3, 0.4) is 0 Å². The maximum atomic E-state index is 2.47. The van der Waals surface area contributed by atoms with Crippen LogP contribution in [-0.4, -0.2) is 0 Å². The van der Waals surface area contributed by atoms with Gasteiger partial charge in [0.25, 0.3) is 0 Å². The van der Waals surface area contributed by atoms with Gasteiger partial charge in [0.1, 0.15) is 0 Å². The normalized spacial score (nSPS) is 12.2. The van der Waals surface area contributed by atoms with Gasteiger partial charge in [-0.2, -0.15) is 0 Å².